The standard InChI is InChI=1S/C23H20N6/c1-2-8-19-18(7-1)17(15-27-19)10-13-24-21-11-14-26-23(29-21)28-20-9-3-5-16-6-4-12-25-22(16)20/h1-9,11-12,14-15,27H,10,13H2,(H2,24,26,28,29). The van der Waals surface area contributed by atoms with E-state index in [-0.39, 0.29) is 0 Å². The highest BCUT2D eigenvalue weighted by Crippen LogP contribution is 2.23. The number of hydrogen-bond acceptors (Lipinski definition) is 5. The van der Waals surface area contributed by atoms with Crippen LogP contribution in [0.4, 0.5) is 17.5 Å². The molecule has 3 N–H and O–H groups in total. The van der Waals surface area contributed by atoms with Gasteiger partial charge in [0, 0.05) is 41.4 Å². The quantitative estimate of drug-likeness (QED) is 0.390. The van der Waals surface area contributed by atoms with Crippen LogP contribution in [0, 0.1) is 0 Å². The van der Waals surface area contributed by atoms with Gasteiger partial charge in [0.2, 0.25) is 5.95 Å². The lowest BCUT2D eigenvalue weighted by atomic mass is 10.1. The van der Waals surface area contributed by atoms with Crippen LogP contribution < -0.4 is 10.6 Å². The molecule has 5 rings (SSSR count). The van der Waals surface area contributed by atoms with E-state index < -0.39 is 0 Å². The van der Waals surface area contributed by atoms with E-state index in [2.05, 4.69) is 55.0 Å². The summed E-state index contributed by atoms with van der Waals surface area (Å²) >= 11 is 0. The third-order valence-corrected chi connectivity index (χ3v) is 4.91. The van der Waals surface area contributed by atoms with E-state index in [1.807, 2.05) is 42.5 Å². The van der Waals surface area contributed by atoms with Crippen LogP contribution in [0.25, 0.3) is 21.8 Å². The van der Waals surface area contributed by atoms with E-state index in [4.69, 9.17) is 0 Å². The fraction of sp³-hybridized carbons (Fsp3) is 0.0870. The van der Waals surface area contributed by atoms with Crippen molar-refractivity contribution in [3.8, 4) is 0 Å². The van der Waals surface area contributed by atoms with Crippen LogP contribution in [0.1, 0.15) is 5.56 Å². The number of nitrogens with zero attached hydrogens (tertiary/aromatic N) is 3. The van der Waals surface area contributed by atoms with Crippen LogP contribution in [0.5, 0.6) is 0 Å². The second kappa shape index (κ2) is 7.59. The van der Waals surface area contributed by atoms with Gasteiger partial charge in [0.15, 0.2) is 0 Å². The van der Waals surface area contributed by atoms with E-state index in [1.165, 1.54) is 16.5 Å². The van der Waals surface area contributed by atoms with Crippen molar-refractivity contribution in [1.29, 1.82) is 0 Å². The molecular formula is C23H20N6. The topological polar surface area (TPSA) is 78.5 Å². The van der Waals surface area contributed by atoms with Gasteiger partial charge in [-0.1, -0.05) is 36.4 Å². The zero-order chi connectivity index (χ0) is 19.5. The fourth-order valence-electron chi connectivity index (χ4n) is 3.51. The van der Waals surface area contributed by atoms with Crippen LogP contribution in [-0.2, 0) is 6.42 Å². The maximum Gasteiger partial charge on any atom is 0.229 e. The Morgan fingerprint density at radius 2 is 1.79 bits per heavy atom. The summed E-state index contributed by atoms with van der Waals surface area (Å²) in [5.74, 6) is 1.33. The molecule has 0 fully saturated rings. The SMILES string of the molecule is c1cnc2c(Nc3nccc(NCCc4c[nH]c5ccccc45)n3)cccc2c1. The number of para-hydroxylation sites is 2. The lowest BCUT2D eigenvalue weighted by molar-refractivity contribution is 1.01. The first-order valence-electron chi connectivity index (χ1n) is 9.59. The smallest absolute Gasteiger partial charge is 0.229 e. The van der Waals surface area contributed by atoms with Crippen molar-refractivity contribution in [1.82, 2.24) is 19.9 Å². The third-order valence-electron chi connectivity index (χ3n) is 4.91. The second-order valence-corrected chi connectivity index (χ2v) is 6.81. The molecule has 0 amide bonds. The van der Waals surface area contributed by atoms with Crippen molar-refractivity contribution >= 4 is 39.3 Å². The molecule has 3 heterocycles. The Hall–Kier alpha value is -3.93. The monoisotopic (exact) mass is 380 g/mol. The average molecular weight is 380 g/mol. The summed E-state index contributed by atoms with van der Waals surface area (Å²) in [5, 5.41) is 9.02. The molecular weight excluding hydrogens is 360 g/mol. The summed E-state index contributed by atoms with van der Waals surface area (Å²) in [5.41, 5.74) is 4.25. The Labute approximate surface area is 168 Å². The Balaban J connectivity index is 1.28. The number of aromatic amines is 1. The maximum absolute atomic E-state index is 4.59. The molecule has 0 aliphatic carbocycles. The molecule has 29 heavy (non-hydrogen) atoms. The molecule has 2 aromatic carbocycles. The molecule has 0 bridgehead atoms. The molecule has 0 spiro atoms. The molecule has 6 nitrogen and oxygen atoms in total. The van der Waals surface area contributed by atoms with Gasteiger partial charge in [0.1, 0.15) is 5.82 Å². The predicted octanol–water partition coefficient (Wildman–Crippen LogP) is 4.90. The second-order valence-electron chi connectivity index (χ2n) is 6.81. The largest absolute Gasteiger partial charge is 0.370 e. The van der Waals surface area contributed by atoms with E-state index in [0.29, 0.717) is 5.95 Å². The molecule has 0 radical (unpaired) electrons. The number of H-pyrrole nitrogens is 1. The van der Waals surface area contributed by atoms with Crippen molar-refractivity contribution in [2.45, 2.75) is 6.42 Å². The third kappa shape index (κ3) is 3.60. The number of anilines is 3. The van der Waals surface area contributed by atoms with Crippen LogP contribution in [0.3, 0.4) is 0 Å². The Morgan fingerprint density at radius 1 is 0.862 bits per heavy atom. The number of fused-ring (bicyclic) bond motifs is 2. The number of rotatable bonds is 6. The van der Waals surface area contributed by atoms with Crippen molar-refractivity contribution in [3.05, 3.63) is 84.8 Å². The molecule has 0 aliphatic heterocycles. The molecule has 0 saturated heterocycles. The van der Waals surface area contributed by atoms with Crippen LogP contribution >= 0.6 is 0 Å². The van der Waals surface area contributed by atoms with Gasteiger partial charge in [-0.25, -0.2) is 4.98 Å². The summed E-state index contributed by atoms with van der Waals surface area (Å²) < 4.78 is 0. The lowest BCUT2D eigenvalue weighted by Gasteiger charge is -2.10. The van der Waals surface area contributed by atoms with Gasteiger partial charge in [0.25, 0.3) is 0 Å². The molecule has 0 aliphatic rings. The molecule has 0 unspecified atom stereocenters. The first-order chi connectivity index (χ1) is 14.4. The van der Waals surface area contributed by atoms with Gasteiger partial charge in [-0.3, -0.25) is 4.98 Å². The van der Waals surface area contributed by atoms with Crippen LogP contribution in [-0.4, -0.2) is 26.5 Å². The lowest BCUT2D eigenvalue weighted by Crippen LogP contribution is -2.07. The van der Waals surface area contributed by atoms with E-state index in [1.54, 1.807) is 12.4 Å². The van der Waals surface area contributed by atoms with Crippen molar-refractivity contribution in [2.75, 3.05) is 17.2 Å². The van der Waals surface area contributed by atoms with Gasteiger partial charge in [-0.15, -0.1) is 0 Å². The minimum Gasteiger partial charge on any atom is -0.370 e. The summed E-state index contributed by atoms with van der Waals surface area (Å²) in [6, 6.07) is 20.2. The molecule has 5 aromatic rings. The van der Waals surface area contributed by atoms with Gasteiger partial charge in [-0.2, -0.15) is 4.98 Å². The number of nitrogens with one attached hydrogen (secondary N) is 3. The summed E-state index contributed by atoms with van der Waals surface area (Å²) in [7, 11) is 0. The van der Waals surface area contributed by atoms with E-state index >= 15 is 0 Å². The van der Waals surface area contributed by atoms with Crippen molar-refractivity contribution < 1.29 is 0 Å². The predicted molar refractivity (Wildman–Crippen MR) is 118 cm³/mol. The fourth-order valence-corrected chi connectivity index (χ4v) is 3.51. The highest BCUT2D eigenvalue weighted by Gasteiger charge is 2.06. The molecule has 0 atom stereocenters. The number of hydrogen-bond donors (Lipinski definition) is 3. The first-order valence-corrected chi connectivity index (χ1v) is 9.59. The molecule has 3 aromatic heterocycles. The highest BCUT2D eigenvalue weighted by molar-refractivity contribution is 5.91. The van der Waals surface area contributed by atoms with Gasteiger partial charge < -0.3 is 15.6 Å². The zero-order valence-corrected chi connectivity index (χ0v) is 15.8. The highest BCUT2D eigenvalue weighted by atomic mass is 15.1. The van der Waals surface area contributed by atoms with E-state index in [0.717, 1.165) is 35.4 Å². The average Bonchev–Trinajstić information content (AvgIpc) is 3.18. The Bertz CT molecular complexity index is 1270. The minimum absolute atomic E-state index is 0.542. The van der Waals surface area contributed by atoms with Crippen LogP contribution in [0.2, 0.25) is 0 Å². The number of aromatic nitrogens is 4. The van der Waals surface area contributed by atoms with Gasteiger partial charge >= 0.3 is 0 Å². The summed E-state index contributed by atoms with van der Waals surface area (Å²) in [4.78, 5) is 16.7. The first kappa shape index (κ1) is 17.2. The summed E-state index contributed by atoms with van der Waals surface area (Å²) in [6.45, 7) is 0.786. The van der Waals surface area contributed by atoms with E-state index in [9.17, 15) is 0 Å². The normalized spacial score (nSPS) is 11.0. The Kier molecular flexibility index (Phi) is 4.50. The summed E-state index contributed by atoms with van der Waals surface area (Å²) in [6.07, 6.45) is 6.52. The molecule has 0 saturated carbocycles. The van der Waals surface area contributed by atoms with Crippen molar-refractivity contribution in [3.63, 3.8) is 0 Å². The van der Waals surface area contributed by atoms with Crippen LogP contribution in [0.15, 0.2) is 79.3 Å². The van der Waals surface area contributed by atoms with Crippen molar-refractivity contribution in [2.24, 2.45) is 0 Å². The maximum atomic E-state index is 4.59. The molecule has 142 valence electrons. The zero-order valence-electron chi connectivity index (χ0n) is 15.8. The molecule has 6 heteroatoms. The Morgan fingerprint density at radius 3 is 2.79 bits per heavy atom. The number of pyridine rings is 1. The van der Waals surface area contributed by atoms with Gasteiger partial charge in [-0.05, 0) is 36.2 Å². The number of benzene rings is 2. The van der Waals surface area contributed by atoms with Gasteiger partial charge in [0.05, 0.1) is 11.2 Å². The minimum atomic E-state index is 0.542.